The van der Waals surface area contributed by atoms with E-state index >= 15 is 0 Å². The highest BCUT2D eigenvalue weighted by Gasteiger charge is 2.19. The van der Waals surface area contributed by atoms with E-state index in [2.05, 4.69) is 93.7 Å². The number of hydrogen-bond donors (Lipinski definition) is 0. The molecule has 0 bridgehead atoms. The Hall–Kier alpha value is -3.15. The number of unbranched alkanes of at least 4 members (excludes halogenated alkanes) is 42. The smallest absolute Gasteiger partial charge is 0.306 e. The third kappa shape index (κ3) is 67.5. The van der Waals surface area contributed by atoms with Crippen LogP contribution >= 0.6 is 0 Å². The minimum atomic E-state index is -0.778. The van der Waals surface area contributed by atoms with Gasteiger partial charge in [0.2, 0.25) is 0 Å². The first-order valence-corrected chi connectivity index (χ1v) is 35.4. The molecule has 0 aromatic rings. The van der Waals surface area contributed by atoms with Gasteiger partial charge in [0.25, 0.3) is 0 Å². The molecule has 0 radical (unpaired) electrons. The first-order chi connectivity index (χ1) is 40.0. The van der Waals surface area contributed by atoms with Crippen LogP contribution in [0.25, 0.3) is 0 Å². The molecule has 470 valence electrons. The van der Waals surface area contributed by atoms with Gasteiger partial charge in [-0.1, -0.05) is 338 Å². The summed E-state index contributed by atoms with van der Waals surface area (Å²) in [6.45, 7) is 6.51. The van der Waals surface area contributed by atoms with E-state index in [1.54, 1.807) is 0 Å². The van der Waals surface area contributed by atoms with E-state index in [4.69, 9.17) is 14.2 Å². The van der Waals surface area contributed by atoms with Crippen molar-refractivity contribution < 1.29 is 28.6 Å². The summed E-state index contributed by atoms with van der Waals surface area (Å²) >= 11 is 0. The number of carbonyl (C=O) groups excluding carboxylic acids is 3. The first-order valence-electron chi connectivity index (χ1n) is 35.4. The Balaban J connectivity index is 4.13. The van der Waals surface area contributed by atoms with Crippen molar-refractivity contribution >= 4 is 17.9 Å². The molecule has 0 aliphatic heterocycles. The average molecular weight is 1130 g/mol. The van der Waals surface area contributed by atoms with Crippen LogP contribution in [-0.2, 0) is 28.6 Å². The largest absolute Gasteiger partial charge is 0.462 e. The van der Waals surface area contributed by atoms with Crippen LogP contribution in [-0.4, -0.2) is 37.2 Å². The van der Waals surface area contributed by atoms with Crippen LogP contribution in [0.5, 0.6) is 0 Å². The van der Waals surface area contributed by atoms with E-state index in [1.807, 2.05) is 0 Å². The summed E-state index contributed by atoms with van der Waals surface area (Å²) in [4.78, 5) is 38.4. The highest BCUT2D eigenvalue weighted by Crippen LogP contribution is 2.18. The van der Waals surface area contributed by atoms with Crippen molar-refractivity contribution in [1.29, 1.82) is 0 Å². The highest BCUT2D eigenvalue weighted by atomic mass is 16.6. The van der Waals surface area contributed by atoms with E-state index in [9.17, 15) is 14.4 Å². The molecular weight excluding hydrogens is 997 g/mol. The summed E-state index contributed by atoms with van der Waals surface area (Å²) < 4.78 is 17.0. The fourth-order valence-corrected chi connectivity index (χ4v) is 10.4. The number of hydrogen-bond acceptors (Lipinski definition) is 6. The molecule has 1 unspecified atom stereocenters. The standard InChI is InChI=1S/C75H134O6/c1-4-7-10-13-16-19-22-25-27-29-30-31-32-33-34-35-36-37-38-39-40-41-42-43-44-46-47-50-53-56-59-62-65-68-74(77)80-71-72(70-79-73(76)67-64-61-58-55-52-49-24-21-18-15-12-9-6-3)81-75(78)69-66-63-60-57-54-51-48-45-28-26-23-20-17-14-11-8-5-2/h7,10,12,15-16,19,21,24-25,27,30-31,72H,4-6,8-9,11,13-14,17-18,20,22-23,26,28-29,32-71H2,1-3H3/b10-7-,15-12-,19-16-,24-21-,27-25-,31-30-. The Kier molecular flexibility index (Phi) is 66.6. The normalized spacial score (nSPS) is 12.5. The molecule has 0 N–H and O–H groups in total. The fraction of sp³-hybridized carbons (Fsp3) is 0.800. The first kappa shape index (κ1) is 77.9. The zero-order valence-corrected chi connectivity index (χ0v) is 54.1. The maximum absolute atomic E-state index is 12.9. The van der Waals surface area contributed by atoms with Gasteiger partial charge in [0, 0.05) is 19.3 Å². The average Bonchev–Trinajstić information content (AvgIpc) is 3.46. The van der Waals surface area contributed by atoms with Gasteiger partial charge in [-0.05, 0) is 83.5 Å². The van der Waals surface area contributed by atoms with E-state index in [1.165, 1.54) is 218 Å². The zero-order chi connectivity index (χ0) is 58.5. The lowest BCUT2D eigenvalue weighted by Crippen LogP contribution is -2.30. The number of esters is 3. The van der Waals surface area contributed by atoms with Crippen LogP contribution in [0.4, 0.5) is 0 Å². The maximum Gasteiger partial charge on any atom is 0.306 e. The van der Waals surface area contributed by atoms with Crippen molar-refractivity contribution in [2.24, 2.45) is 0 Å². The summed E-state index contributed by atoms with van der Waals surface area (Å²) in [5.41, 5.74) is 0. The van der Waals surface area contributed by atoms with Crippen molar-refractivity contribution in [3.05, 3.63) is 72.9 Å². The molecule has 0 aromatic carbocycles. The number of carbonyl (C=O) groups is 3. The second-order valence-electron chi connectivity index (χ2n) is 23.8. The monoisotopic (exact) mass is 1130 g/mol. The van der Waals surface area contributed by atoms with E-state index < -0.39 is 6.10 Å². The van der Waals surface area contributed by atoms with Crippen LogP contribution in [0.2, 0.25) is 0 Å². The predicted octanol–water partition coefficient (Wildman–Crippen LogP) is 24.4. The molecule has 0 amide bonds. The summed E-state index contributed by atoms with van der Waals surface area (Å²) in [5, 5.41) is 0. The molecule has 6 nitrogen and oxygen atoms in total. The lowest BCUT2D eigenvalue weighted by atomic mass is 10.0. The molecule has 0 saturated carbocycles. The van der Waals surface area contributed by atoms with Crippen LogP contribution < -0.4 is 0 Å². The molecule has 0 saturated heterocycles. The van der Waals surface area contributed by atoms with E-state index in [0.29, 0.717) is 19.3 Å². The topological polar surface area (TPSA) is 78.9 Å². The van der Waals surface area contributed by atoms with Crippen molar-refractivity contribution in [3.8, 4) is 0 Å². The molecule has 0 spiro atoms. The Bertz CT molecular complexity index is 1490. The molecular formula is C75H134O6. The minimum Gasteiger partial charge on any atom is -0.462 e. The quantitative estimate of drug-likeness (QED) is 0.0261. The summed E-state index contributed by atoms with van der Waals surface area (Å²) in [7, 11) is 0. The van der Waals surface area contributed by atoms with Crippen molar-refractivity contribution in [2.45, 2.75) is 374 Å². The molecule has 0 heterocycles. The summed E-state index contributed by atoms with van der Waals surface area (Å²) in [6.07, 6.45) is 90.9. The minimum absolute atomic E-state index is 0.0737. The van der Waals surface area contributed by atoms with Gasteiger partial charge in [-0.25, -0.2) is 0 Å². The fourth-order valence-electron chi connectivity index (χ4n) is 10.4. The van der Waals surface area contributed by atoms with E-state index in [0.717, 1.165) is 109 Å². The Labute approximate surface area is 503 Å². The summed E-state index contributed by atoms with van der Waals surface area (Å²) in [5.74, 6) is -0.865. The lowest BCUT2D eigenvalue weighted by molar-refractivity contribution is -0.167. The van der Waals surface area contributed by atoms with Gasteiger partial charge >= 0.3 is 17.9 Å². The summed E-state index contributed by atoms with van der Waals surface area (Å²) in [6, 6.07) is 0. The zero-order valence-electron chi connectivity index (χ0n) is 54.1. The SMILES string of the molecule is CC/C=C\C/C=C\C/C=C\C/C=C\CCCCCCCCCCCCCCCCCCCCCCC(=O)OCC(COC(=O)CCCCCCC/C=C\C/C=C\CCC)OC(=O)CCCCCCCCCCCCCCCCCCC. The lowest BCUT2D eigenvalue weighted by Gasteiger charge is -2.18. The molecule has 0 fully saturated rings. The van der Waals surface area contributed by atoms with Crippen molar-refractivity contribution in [3.63, 3.8) is 0 Å². The molecule has 0 aromatic heterocycles. The van der Waals surface area contributed by atoms with Crippen LogP contribution in [0.1, 0.15) is 367 Å². The van der Waals surface area contributed by atoms with Gasteiger partial charge in [-0.15, -0.1) is 0 Å². The molecule has 0 rings (SSSR count). The van der Waals surface area contributed by atoms with Gasteiger partial charge in [0.1, 0.15) is 13.2 Å². The van der Waals surface area contributed by atoms with Crippen LogP contribution in [0.3, 0.4) is 0 Å². The van der Waals surface area contributed by atoms with Crippen molar-refractivity contribution in [1.82, 2.24) is 0 Å². The predicted molar refractivity (Wildman–Crippen MR) is 353 cm³/mol. The number of rotatable bonds is 65. The second kappa shape index (κ2) is 69.3. The second-order valence-corrected chi connectivity index (χ2v) is 23.8. The van der Waals surface area contributed by atoms with E-state index in [-0.39, 0.29) is 31.1 Å². The Morgan fingerprint density at radius 1 is 0.259 bits per heavy atom. The van der Waals surface area contributed by atoms with Crippen LogP contribution in [0.15, 0.2) is 72.9 Å². The Morgan fingerprint density at radius 3 is 0.802 bits per heavy atom. The number of allylic oxidation sites excluding steroid dienone is 12. The molecule has 0 aliphatic rings. The van der Waals surface area contributed by atoms with Crippen molar-refractivity contribution in [2.75, 3.05) is 13.2 Å². The van der Waals surface area contributed by atoms with Gasteiger partial charge < -0.3 is 14.2 Å². The van der Waals surface area contributed by atoms with Gasteiger partial charge in [-0.3, -0.25) is 14.4 Å². The molecule has 1 atom stereocenters. The molecule has 81 heavy (non-hydrogen) atoms. The third-order valence-corrected chi connectivity index (χ3v) is 15.7. The molecule has 0 aliphatic carbocycles. The van der Waals surface area contributed by atoms with Crippen LogP contribution in [0, 0.1) is 0 Å². The molecule has 6 heteroatoms. The maximum atomic E-state index is 12.9. The number of ether oxygens (including phenoxy) is 3. The Morgan fingerprint density at radius 2 is 0.506 bits per heavy atom. The van der Waals surface area contributed by atoms with Gasteiger partial charge in [0.05, 0.1) is 0 Å². The third-order valence-electron chi connectivity index (χ3n) is 15.7. The highest BCUT2D eigenvalue weighted by molar-refractivity contribution is 5.71. The van der Waals surface area contributed by atoms with Gasteiger partial charge in [-0.2, -0.15) is 0 Å². The van der Waals surface area contributed by atoms with Gasteiger partial charge in [0.15, 0.2) is 6.10 Å².